The highest BCUT2D eigenvalue weighted by Gasteiger charge is 2.17. The number of hydrogen-bond acceptors (Lipinski definition) is 5. The average molecular weight is 867 g/mol. The van der Waals surface area contributed by atoms with Crippen molar-refractivity contribution in [1.29, 1.82) is 0 Å². The van der Waals surface area contributed by atoms with Crippen molar-refractivity contribution in [3.63, 3.8) is 0 Å². The zero-order valence-corrected chi connectivity index (χ0v) is 41.4. The lowest BCUT2D eigenvalue weighted by atomic mass is 10.1. The Hall–Kier alpha value is -2.40. The molecule has 1 atom stereocenters. The molecule has 0 aliphatic heterocycles. The van der Waals surface area contributed by atoms with E-state index in [4.69, 9.17) is 14.2 Å². The third-order valence-corrected chi connectivity index (χ3v) is 11.5. The summed E-state index contributed by atoms with van der Waals surface area (Å²) in [6.07, 6.45) is 66.7. The molecule has 0 amide bonds. The van der Waals surface area contributed by atoms with Crippen LogP contribution in [0.5, 0.6) is 0 Å². The van der Waals surface area contributed by atoms with Crippen LogP contribution >= 0.6 is 0 Å². The van der Waals surface area contributed by atoms with Crippen LogP contribution in [0.4, 0.5) is 0 Å². The number of ether oxygens (including phenoxy) is 3. The minimum absolute atomic E-state index is 0.0779. The molecule has 0 saturated carbocycles. The van der Waals surface area contributed by atoms with Crippen molar-refractivity contribution in [1.82, 2.24) is 0 Å². The Bertz CT molecular complexity index is 1070. The van der Waals surface area contributed by atoms with E-state index in [1.165, 1.54) is 161 Å². The molecule has 0 fully saturated rings. The molecule has 5 heteroatoms. The maximum Gasteiger partial charge on any atom is 0.306 e. The highest BCUT2D eigenvalue weighted by atomic mass is 16.6. The summed E-state index contributed by atoms with van der Waals surface area (Å²) in [5, 5.41) is 0. The number of unbranched alkanes of at least 4 members (excludes halogenated alkanes) is 28. The Morgan fingerprint density at radius 2 is 0.726 bits per heavy atom. The number of carbonyl (C=O) groups excluding carboxylic acids is 2. The minimum Gasteiger partial charge on any atom is -0.462 e. The first-order valence-electron chi connectivity index (χ1n) is 26.8. The van der Waals surface area contributed by atoms with E-state index in [9.17, 15) is 9.59 Å². The van der Waals surface area contributed by atoms with Crippen LogP contribution in [0, 0.1) is 0 Å². The molecular weight excluding hydrogens is 765 g/mol. The lowest BCUT2D eigenvalue weighted by Gasteiger charge is -2.18. The Balaban J connectivity index is 4.19. The summed E-state index contributed by atoms with van der Waals surface area (Å²) in [6.45, 7) is 7.68. The molecule has 0 spiro atoms. The second-order valence-electron chi connectivity index (χ2n) is 17.8. The number of carbonyl (C=O) groups is 2. The van der Waals surface area contributed by atoms with E-state index in [0.717, 1.165) is 70.6 Å². The van der Waals surface area contributed by atoms with E-state index in [1.807, 2.05) is 0 Å². The summed E-state index contributed by atoms with van der Waals surface area (Å²) in [6, 6.07) is 0. The average Bonchev–Trinajstić information content (AvgIpc) is 3.27. The van der Waals surface area contributed by atoms with Crippen LogP contribution in [0.25, 0.3) is 0 Å². The van der Waals surface area contributed by atoms with Crippen molar-refractivity contribution in [3.8, 4) is 0 Å². The fourth-order valence-electron chi connectivity index (χ4n) is 7.56. The molecule has 0 aromatic carbocycles. The van der Waals surface area contributed by atoms with Crippen molar-refractivity contribution < 1.29 is 23.8 Å². The quantitative estimate of drug-likeness (QED) is 0.0346. The molecule has 0 rings (SSSR count). The number of hydrogen-bond donors (Lipinski definition) is 0. The number of allylic oxidation sites excluding steroid dienone is 10. The molecular formula is C57H102O5. The van der Waals surface area contributed by atoms with Gasteiger partial charge in [-0.3, -0.25) is 9.59 Å². The molecule has 0 heterocycles. The van der Waals surface area contributed by atoms with Crippen LogP contribution < -0.4 is 0 Å². The summed E-state index contributed by atoms with van der Waals surface area (Å²) in [4.78, 5) is 25.4. The largest absolute Gasteiger partial charge is 0.462 e. The van der Waals surface area contributed by atoms with Crippen molar-refractivity contribution in [2.75, 3.05) is 19.8 Å². The molecule has 0 radical (unpaired) electrons. The van der Waals surface area contributed by atoms with Gasteiger partial charge in [0, 0.05) is 19.4 Å². The number of esters is 2. The van der Waals surface area contributed by atoms with Crippen molar-refractivity contribution >= 4 is 11.9 Å². The van der Waals surface area contributed by atoms with Gasteiger partial charge in [-0.25, -0.2) is 0 Å². The Kier molecular flexibility index (Phi) is 50.9. The first-order valence-corrected chi connectivity index (χ1v) is 26.8. The van der Waals surface area contributed by atoms with Gasteiger partial charge in [0.2, 0.25) is 0 Å². The van der Waals surface area contributed by atoms with E-state index in [0.29, 0.717) is 19.4 Å². The van der Waals surface area contributed by atoms with Crippen molar-refractivity contribution in [3.05, 3.63) is 60.8 Å². The molecule has 0 aliphatic rings. The summed E-state index contributed by atoms with van der Waals surface area (Å²) in [5.41, 5.74) is 0. The molecule has 0 aromatic rings. The predicted molar refractivity (Wildman–Crippen MR) is 270 cm³/mol. The molecule has 62 heavy (non-hydrogen) atoms. The Morgan fingerprint density at radius 3 is 1.18 bits per heavy atom. The van der Waals surface area contributed by atoms with E-state index in [1.54, 1.807) is 0 Å². The molecule has 1 unspecified atom stereocenters. The molecule has 0 bridgehead atoms. The van der Waals surface area contributed by atoms with Gasteiger partial charge in [0.25, 0.3) is 0 Å². The van der Waals surface area contributed by atoms with Gasteiger partial charge in [-0.05, 0) is 83.5 Å². The van der Waals surface area contributed by atoms with Gasteiger partial charge in [-0.2, -0.15) is 0 Å². The summed E-state index contributed by atoms with van der Waals surface area (Å²) < 4.78 is 17.4. The molecule has 360 valence electrons. The smallest absolute Gasteiger partial charge is 0.306 e. The Morgan fingerprint density at radius 1 is 0.371 bits per heavy atom. The monoisotopic (exact) mass is 867 g/mol. The summed E-state index contributed by atoms with van der Waals surface area (Å²) in [7, 11) is 0. The predicted octanol–water partition coefficient (Wildman–Crippen LogP) is 18.1. The van der Waals surface area contributed by atoms with E-state index >= 15 is 0 Å². The van der Waals surface area contributed by atoms with Crippen LogP contribution in [0.15, 0.2) is 60.8 Å². The third kappa shape index (κ3) is 50.2. The van der Waals surface area contributed by atoms with Crippen molar-refractivity contribution in [2.45, 2.75) is 271 Å². The fraction of sp³-hybridized carbons (Fsp3) is 0.789. The highest BCUT2D eigenvalue weighted by Crippen LogP contribution is 2.15. The van der Waals surface area contributed by atoms with Crippen LogP contribution in [-0.2, 0) is 23.8 Å². The topological polar surface area (TPSA) is 61.8 Å². The minimum atomic E-state index is -0.544. The second-order valence-corrected chi connectivity index (χ2v) is 17.8. The molecule has 5 nitrogen and oxygen atoms in total. The molecule has 0 N–H and O–H groups in total. The SMILES string of the molecule is CC/C=C\C/C=C\C/C=C\C/C=C\CCCCCCCOCC(COC(=O)CCCCCCCCCCC/C=C\CCCCCCCC)OC(=O)CCCCCCCCCCC. The zero-order chi connectivity index (χ0) is 44.9. The lowest BCUT2D eigenvalue weighted by Crippen LogP contribution is -2.30. The van der Waals surface area contributed by atoms with Crippen LogP contribution in [0.3, 0.4) is 0 Å². The fourth-order valence-corrected chi connectivity index (χ4v) is 7.56. The van der Waals surface area contributed by atoms with Gasteiger partial charge < -0.3 is 14.2 Å². The Labute approximate surface area is 385 Å². The maximum absolute atomic E-state index is 12.7. The molecule has 0 aliphatic carbocycles. The lowest BCUT2D eigenvalue weighted by molar-refractivity contribution is -0.163. The van der Waals surface area contributed by atoms with Gasteiger partial charge in [0.15, 0.2) is 6.10 Å². The van der Waals surface area contributed by atoms with E-state index < -0.39 is 6.10 Å². The molecule has 0 saturated heterocycles. The maximum atomic E-state index is 12.7. The van der Waals surface area contributed by atoms with Gasteiger partial charge in [0.1, 0.15) is 6.61 Å². The van der Waals surface area contributed by atoms with Crippen molar-refractivity contribution in [2.24, 2.45) is 0 Å². The second kappa shape index (κ2) is 52.9. The summed E-state index contributed by atoms with van der Waals surface area (Å²) in [5.74, 6) is -0.405. The van der Waals surface area contributed by atoms with Gasteiger partial charge in [-0.15, -0.1) is 0 Å². The number of rotatable bonds is 49. The van der Waals surface area contributed by atoms with E-state index in [2.05, 4.69) is 81.5 Å². The first kappa shape index (κ1) is 59.6. The van der Waals surface area contributed by atoms with E-state index in [-0.39, 0.29) is 25.2 Å². The zero-order valence-electron chi connectivity index (χ0n) is 41.4. The first-order chi connectivity index (χ1) is 30.6. The van der Waals surface area contributed by atoms with Crippen LogP contribution in [0.1, 0.15) is 265 Å². The van der Waals surface area contributed by atoms with Gasteiger partial charge in [0.05, 0.1) is 6.61 Å². The van der Waals surface area contributed by atoms with Gasteiger partial charge >= 0.3 is 11.9 Å². The standard InChI is InChI=1S/C57H102O5/c1-4-7-10-13-16-19-21-23-25-27-29-30-32-34-36-39-41-44-47-50-56(58)61-54-55(62-57(59)51-48-45-42-38-18-15-12-9-6-3)53-60-52-49-46-43-40-37-35-33-31-28-26-24-22-20-17-14-11-8-5-2/h8,11,17,20,23-26,31,33,55H,4-7,9-10,12-16,18-19,21-22,27-30,32,34-54H2,1-3H3/b11-8-,20-17-,25-23-,26-24-,33-31-. The normalized spacial score (nSPS) is 12.6. The molecule has 0 aromatic heterocycles. The van der Waals surface area contributed by atoms with Crippen LogP contribution in [-0.4, -0.2) is 37.9 Å². The summed E-state index contributed by atoms with van der Waals surface area (Å²) >= 11 is 0. The van der Waals surface area contributed by atoms with Crippen LogP contribution in [0.2, 0.25) is 0 Å². The third-order valence-electron chi connectivity index (χ3n) is 11.5. The highest BCUT2D eigenvalue weighted by molar-refractivity contribution is 5.70. The van der Waals surface area contributed by atoms with Gasteiger partial charge in [-0.1, -0.05) is 229 Å².